The molecular formula is C18H25N3. The molecule has 0 amide bonds. The smallest absolute Gasteiger partial charge is 0.0506 e. The summed E-state index contributed by atoms with van der Waals surface area (Å²) in [6.07, 6.45) is 0. The Labute approximate surface area is 128 Å². The van der Waals surface area contributed by atoms with Crippen LogP contribution in [0.3, 0.4) is 0 Å². The summed E-state index contributed by atoms with van der Waals surface area (Å²) in [5.41, 5.74) is 7.10. The van der Waals surface area contributed by atoms with Crippen LogP contribution in [0.4, 0.5) is 11.4 Å². The van der Waals surface area contributed by atoms with Crippen LogP contribution >= 0.6 is 0 Å². The molecule has 1 unspecified atom stereocenters. The van der Waals surface area contributed by atoms with Gasteiger partial charge < -0.3 is 10.2 Å². The van der Waals surface area contributed by atoms with Gasteiger partial charge in [0.25, 0.3) is 0 Å². The summed E-state index contributed by atoms with van der Waals surface area (Å²) < 4.78 is 0. The van der Waals surface area contributed by atoms with Gasteiger partial charge in [0.05, 0.1) is 6.04 Å². The van der Waals surface area contributed by atoms with E-state index in [4.69, 9.17) is 0 Å². The Morgan fingerprint density at radius 1 is 1.10 bits per heavy atom. The second-order valence-electron chi connectivity index (χ2n) is 5.89. The van der Waals surface area contributed by atoms with Crippen LogP contribution < -0.4 is 10.2 Å². The van der Waals surface area contributed by atoms with Crippen LogP contribution in [-0.4, -0.2) is 19.1 Å². The van der Waals surface area contributed by atoms with Crippen molar-refractivity contribution in [1.82, 2.24) is 4.98 Å². The number of anilines is 2. The first-order valence-electron chi connectivity index (χ1n) is 7.37. The van der Waals surface area contributed by atoms with E-state index in [-0.39, 0.29) is 6.04 Å². The molecule has 21 heavy (non-hydrogen) atoms. The molecule has 3 heteroatoms. The van der Waals surface area contributed by atoms with Crippen molar-refractivity contribution in [3.05, 3.63) is 52.8 Å². The fraction of sp³-hybridized carbons (Fsp3) is 0.389. The molecular weight excluding hydrogens is 258 g/mol. The summed E-state index contributed by atoms with van der Waals surface area (Å²) in [6, 6.07) is 10.8. The van der Waals surface area contributed by atoms with Crippen LogP contribution in [0.15, 0.2) is 30.3 Å². The monoisotopic (exact) mass is 283 g/mol. The van der Waals surface area contributed by atoms with Crippen LogP contribution in [-0.2, 0) is 0 Å². The van der Waals surface area contributed by atoms with Crippen molar-refractivity contribution in [1.29, 1.82) is 0 Å². The number of hydrogen-bond donors (Lipinski definition) is 1. The standard InChI is InChI=1S/C18H25N3/c1-12-10-13(2)19-14(3)18(12)15(4)20-16-8-7-9-17(11-16)21(5)6/h7-11,15,20H,1-6H3. The Balaban J connectivity index is 2.26. The molecule has 112 valence electrons. The molecule has 2 aromatic rings. The first-order chi connectivity index (χ1) is 9.88. The average Bonchev–Trinajstić information content (AvgIpc) is 2.37. The van der Waals surface area contributed by atoms with Gasteiger partial charge in [-0.15, -0.1) is 0 Å². The molecule has 0 bridgehead atoms. The summed E-state index contributed by atoms with van der Waals surface area (Å²) in [5.74, 6) is 0. The van der Waals surface area contributed by atoms with Crippen molar-refractivity contribution in [2.45, 2.75) is 33.7 Å². The third-order valence-corrected chi connectivity index (χ3v) is 3.76. The summed E-state index contributed by atoms with van der Waals surface area (Å²) in [6.45, 7) is 8.48. The number of benzene rings is 1. The average molecular weight is 283 g/mol. The van der Waals surface area contributed by atoms with E-state index in [0.717, 1.165) is 17.1 Å². The van der Waals surface area contributed by atoms with Gasteiger partial charge in [-0.25, -0.2) is 0 Å². The minimum absolute atomic E-state index is 0.232. The van der Waals surface area contributed by atoms with Crippen LogP contribution in [0, 0.1) is 20.8 Å². The summed E-state index contributed by atoms with van der Waals surface area (Å²) in [7, 11) is 4.11. The van der Waals surface area contributed by atoms with Gasteiger partial charge in [-0.2, -0.15) is 0 Å². The number of nitrogens with one attached hydrogen (secondary N) is 1. The third-order valence-electron chi connectivity index (χ3n) is 3.76. The molecule has 0 aliphatic rings. The van der Waals surface area contributed by atoms with Gasteiger partial charge in [0, 0.05) is 36.9 Å². The molecule has 1 N–H and O–H groups in total. The maximum atomic E-state index is 4.59. The minimum Gasteiger partial charge on any atom is -0.378 e. The summed E-state index contributed by atoms with van der Waals surface area (Å²) in [4.78, 5) is 6.71. The van der Waals surface area contributed by atoms with Gasteiger partial charge in [0.2, 0.25) is 0 Å². The lowest BCUT2D eigenvalue weighted by atomic mass is 10.00. The highest BCUT2D eigenvalue weighted by Gasteiger charge is 2.13. The molecule has 1 aromatic heterocycles. The first kappa shape index (κ1) is 15.4. The molecule has 1 atom stereocenters. The highest BCUT2D eigenvalue weighted by molar-refractivity contribution is 5.58. The van der Waals surface area contributed by atoms with Crippen molar-refractivity contribution < 1.29 is 0 Å². The van der Waals surface area contributed by atoms with Crippen molar-refractivity contribution in [2.24, 2.45) is 0 Å². The maximum absolute atomic E-state index is 4.59. The summed E-state index contributed by atoms with van der Waals surface area (Å²) >= 11 is 0. The van der Waals surface area contributed by atoms with Crippen molar-refractivity contribution in [3.63, 3.8) is 0 Å². The second-order valence-corrected chi connectivity index (χ2v) is 5.89. The molecule has 0 saturated heterocycles. The zero-order valence-electron chi connectivity index (χ0n) is 13.9. The second kappa shape index (κ2) is 6.17. The number of hydrogen-bond acceptors (Lipinski definition) is 3. The predicted molar refractivity (Wildman–Crippen MR) is 91.3 cm³/mol. The molecule has 0 aliphatic carbocycles. The van der Waals surface area contributed by atoms with E-state index in [1.54, 1.807) is 0 Å². The minimum atomic E-state index is 0.232. The molecule has 1 aromatic carbocycles. The molecule has 0 aliphatic heterocycles. The summed E-state index contributed by atoms with van der Waals surface area (Å²) in [5, 5.41) is 3.59. The molecule has 2 rings (SSSR count). The first-order valence-corrected chi connectivity index (χ1v) is 7.37. The van der Waals surface area contributed by atoms with E-state index in [0.29, 0.717) is 0 Å². The lowest BCUT2D eigenvalue weighted by molar-refractivity contribution is 0.843. The van der Waals surface area contributed by atoms with Gasteiger partial charge in [0.1, 0.15) is 0 Å². The van der Waals surface area contributed by atoms with Crippen LogP contribution in [0.5, 0.6) is 0 Å². The van der Waals surface area contributed by atoms with Gasteiger partial charge in [-0.3, -0.25) is 4.98 Å². The topological polar surface area (TPSA) is 28.2 Å². The van der Waals surface area contributed by atoms with Crippen molar-refractivity contribution in [2.75, 3.05) is 24.3 Å². The van der Waals surface area contributed by atoms with Gasteiger partial charge >= 0.3 is 0 Å². The lowest BCUT2D eigenvalue weighted by Gasteiger charge is -2.21. The lowest BCUT2D eigenvalue weighted by Crippen LogP contribution is -2.13. The molecule has 0 spiro atoms. The number of pyridine rings is 1. The number of aromatic nitrogens is 1. The Hall–Kier alpha value is -2.03. The number of rotatable bonds is 4. The Kier molecular flexibility index (Phi) is 4.51. The van der Waals surface area contributed by atoms with Gasteiger partial charge in [-0.05, 0) is 63.1 Å². The molecule has 0 fully saturated rings. The molecule has 0 radical (unpaired) electrons. The number of aryl methyl sites for hydroxylation is 3. The van der Waals surface area contributed by atoms with Crippen LogP contribution in [0.1, 0.15) is 35.5 Å². The van der Waals surface area contributed by atoms with E-state index in [1.165, 1.54) is 16.8 Å². The maximum Gasteiger partial charge on any atom is 0.0506 e. The number of nitrogens with zero attached hydrogens (tertiary/aromatic N) is 2. The molecule has 1 heterocycles. The Morgan fingerprint density at radius 3 is 2.43 bits per heavy atom. The van der Waals surface area contributed by atoms with E-state index >= 15 is 0 Å². The molecule has 0 saturated carbocycles. The molecule has 3 nitrogen and oxygen atoms in total. The van der Waals surface area contributed by atoms with Crippen LogP contribution in [0.2, 0.25) is 0 Å². The fourth-order valence-corrected chi connectivity index (χ4v) is 2.88. The van der Waals surface area contributed by atoms with E-state index in [9.17, 15) is 0 Å². The van der Waals surface area contributed by atoms with E-state index in [1.807, 2.05) is 6.92 Å². The largest absolute Gasteiger partial charge is 0.378 e. The van der Waals surface area contributed by atoms with E-state index in [2.05, 4.69) is 80.4 Å². The predicted octanol–water partition coefficient (Wildman–Crippen LogP) is 4.25. The Bertz CT molecular complexity index is 609. The quantitative estimate of drug-likeness (QED) is 0.909. The van der Waals surface area contributed by atoms with Gasteiger partial charge in [-0.1, -0.05) is 6.07 Å². The Morgan fingerprint density at radius 2 is 1.81 bits per heavy atom. The van der Waals surface area contributed by atoms with Crippen LogP contribution in [0.25, 0.3) is 0 Å². The van der Waals surface area contributed by atoms with Crippen molar-refractivity contribution in [3.8, 4) is 0 Å². The van der Waals surface area contributed by atoms with Crippen molar-refractivity contribution >= 4 is 11.4 Å². The third kappa shape index (κ3) is 3.54. The highest BCUT2D eigenvalue weighted by atomic mass is 15.1. The normalized spacial score (nSPS) is 12.1. The zero-order chi connectivity index (χ0) is 15.6. The van der Waals surface area contributed by atoms with Gasteiger partial charge in [0.15, 0.2) is 0 Å². The van der Waals surface area contributed by atoms with E-state index < -0.39 is 0 Å². The fourth-order valence-electron chi connectivity index (χ4n) is 2.88. The highest BCUT2D eigenvalue weighted by Crippen LogP contribution is 2.26. The SMILES string of the molecule is Cc1cc(C)c(C(C)Nc2cccc(N(C)C)c2)c(C)n1. The zero-order valence-corrected chi connectivity index (χ0v) is 13.9.